The van der Waals surface area contributed by atoms with Crippen molar-refractivity contribution in [2.24, 2.45) is 0 Å². The van der Waals surface area contributed by atoms with Gasteiger partial charge in [-0.25, -0.2) is 0 Å². The summed E-state index contributed by atoms with van der Waals surface area (Å²) >= 11 is 11.8. The van der Waals surface area contributed by atoms with E-state index in [1.165, 1.54) is 0 Å². The quantitative estimate of drug-likeness (QED) is 0.781. The van der Waals surface area contributed by atoms with E-state index >= 15 is 0 Å². The molecule has 0 atom stereocenters. The molecule has 0 aromatic heterocycles. The van der Waals surface area contributed by atoms with E-state index in [-0.39, 0.29) is 12.5 Å². The summed E-state index contributed by atoms with van der Waals surface area (Å²) in [7, 11) is 3.15. The van der Waals surface area contributed by atoms with Crippen molar-refractivity contribution >= 4 is 34.8 Å². The van der Waals surface area contributed by atoms with Crippen LogP contribution >= 0.6 is 23.2 Å². The minimum atomic E-state index is -0.143. The van der Waals surface area contributed by atoms with Crippen molar-refractivity contribution in [3.8, 4) is 11.5 Å². The number of benzene rings is 2. The Bertz CT molecular complexity index is 723. The molecule has 0 aliphatic heterocycles. The lowest BCUT2D eigenvalue weighted by molar-refractivity contribution is -0.119. The zero-order valence-corrected chi connectivity index (χ0v) is 14.9. The number of ether oxygens (including phenoxy) is 2. The number of nitrogens with one attached hydrogen (secondary N) is 2. The van der Waals surface area contributed by atoms with E-state index in [1.54, 1.807) is 38.5 Å². The standard InChI is InChI=1S/C17H18Cl2N2O3/c1-23-15-6-3-11(7-16(15)24-2)9-21-17(22)10-20-12-4-5-13(18)14(19)8-12/h3-8,20H,9-10H2,1-2H3,(H,21,22). The highest BCUT2D eigenvalue weighted by Crippen LogP contribution is 2.27. The number of halogens is 2. The van der Waals surface area contributed by atoms with Gasteiger partial charge in [-0.15, -0.1) is 0 Å². The fourth-order valence-corrected chi connectivity index (χ4v) is 2.34. The van der Waals surface area contributed by atoms with Gasteiger partial charge in [-0.3, -0.25) is 4.79 Å². The molecule has 128 valence electrons. The van der Waals surface area contributed by atoms with Crippen molar-refractivity contribution in [2.75, 3.05) is 26.1 Å². The van der Waals surface area contributed by atoms with Crippen molar-refractivity contribution in [2.45, 2.75) is 6.54 Å². The van der Waals surface area contributed by atoms with Gasteiger partial charge in [-0.2, -0.15) is 0 Å². The van der Waals surface area contributed by atoms with Crippen LogP contribution in [0.15, 0.2) is 36.4 Å². The van der Waals surface area contributed by atoms with Crippen molar-refractivity contribution < 1.29 is 14.3 Å². The Kier molecular flexibility index (Phi) is 6.58. The molecule has 0 spiro atoms. The molecule has 0 heterocycles. The van der Waals surface area contributed by atoms with Crippen LogP contribution in [0.5, 0.6) is 11.5 Å². The molecule has 0 unspecified atom stereocenters. The van der Waals surface area contributed by atoms with Gasteiger partial charge in [0.05, 0.1) is 30.8 Å². The number of hydrogen-bond acceptors (Lipinski definition) is 4. The summed E-state index contributed by atoms with van der Waals surface area (Å²) in [4.78, 5) is 11.9. The lowest BCUT2D eigenvalue weighted by Crippen LogP contribution is -2.29. The molecule has 0 saturated carbocycles. The molecule has 2 aromatic rings. The maximum absolute atomic E-state index is 11.9. The summed E-state index contributed by atoms with van der Waals surface area (Å²) < 4.78 is 10.4. The van der Waals surface area contributed by atoms with Crippen LogP contribution in [0.1, 0.15) is 5.56 Å². The van der Waals surface area contributed by atoms with Gasteiger partial charge in [-0.1, -0.05) is 29.3 Å². The van der Waals surface area contributed by atoms with Gasteiger partial charge < -0.3 is 20.1 Å². The Hall–Kier alpha value is -2.11. The minimum absolute atomic E-state index is 0.130. The topological polar surface area (TPSA) is 59.6 Å². The van der Waals surface area contributed by atoms with Crippen LogP contribution in [0.25, 0.3) is 0 Å². The third kappa shape index (κ3) is 4.94. The molecular formula is C17H18Cl2N2O3. The number of carbonyl (C=O) groups is 1. The van der Waals surface area contributed by atoms with Crippen LogP contribution in [0.4, 0.5) is 5.69 Å². The third-order valence-corrected chi connectivity index (χ3v) is 4.05. The molecule has 0 aliphatic carbocycles. The average molecular weight is 369 g/mol. The van der Waals surface area contributed by atoms with Crippen LogP contribution < -0.4 is 20.1 Å². The van der Waals surface area contributed by atoms with Crippen molar-refractivity contribution in [3.05, 3.63) is 52.0 Å². The Balaban J connectivity index is 1.85. The zero-order valence-electron chi connectivity index (χ0n) is 13.4. The summed E-state index contributed by atoms with van der Waals surface area (Å²) in [6.45, 7) is 0.521. The maximum Gasteiger partial charge on any atom is 0.239 e. The van der Waals surface area contributed by atoms with Crippen molar-refractivity contribution in [1.29, 1.82) is 0 Å². The number of anilines is 1. The van der Waals surface area contributed by atoms with Gasteiger partial charge in [-0.05, 0) is 35.9 Å². The molecule has 2 aromatic carbocycles. The van der Waals surface area contributed by atoms with E-state index in [4.69, 9.17) is 32.7 Å². The molecule has 0 aliphatic rings. The first-order valence-electron chi connectivity index (χ1n) is 7.20. The van der Waals surface area contributed by atoms with Gasteiger partial charge in [0.1, 0.15) is 0 Å². The summed E-state index contributed by atoms with van der Waals surface area (Å²) in [6.07, 6.45) is 0. The second kappa shape index (κ2) is 8.66. The van der Waals surface area contributed by atoms with E-state index < -0.39 is 0 Å². The fraction of sp³-hybridized carbons (Fsp3) is 0.235. The van der Waals surface area contributed by atoms with Crippen LogP contribution in [0.3, 0.4) is 0 Å². The molecule has 0 bridgehead atoms. The number of amides is 1. The molecule has 7 heteroatoms. The van der Waals surface area contributed by atoms with E-state index in [9.17, 15) is 4.79 Å². The second-order valence-corrected chi connectivity index (χ2v) is 5.76. The zero-order chi connectivity index (χ0) is 17.5. The summed E-state index contributed by atoms with van der Waals surface area (Å²) in [6, 6.07) is 10.6. The van der Waals surface area contributed by atoms with Gasteiger partial charge in [0.2, 0.25) is 5.91 Å². The summed E-state index contributed by atoms with van der Waals surface area (Å²) in [5.41, 5.74) is 1.64. The van der Waals surface area contributed by atoms with E-state index in [1.807, 2.05) is 12.1 Å². The lowest BCUT2D eigenvalue weighted by atomic mass is 10.2. The smallest absolute Gasteiger partial charge is 0.239 e. The first-order chi connectivity index (χ1) is 11.5. The van der Waals surface area contributed by atoms with E-state index in [0.717, 1.165) is 11.3 Å². The van der Waals surface area contributed by atoms with E-state index in [0.29, 0.717) is 28.1 Å². The van der Waals surface area contributed by atoms with Crippen molar-refractivity contribution in [1.82, 2.24) is 5.32 Å². The molecule has 0 radical (unpaired) electrons. The number of methoxy groups -OCH3 is 2. The highest BCUT2D eigenvalue weighted by molar-refractivity contribution is 6.42. The van der Waals surface area contributed by atoms with Crippen LogP contribution in [-0.4, -0.2) is 26.7 Å². The monoisotopic (exact) mass is 368 g/mol. The molecule has 2 rings (SSSR count). The molecule has 24 heavy (non-hydrogen) atoms. The third-order valence-electron chi connectivity index (χ3n) is 3.31. The average Bonchev–Trinajstić information content (AvgIpc) is 2.60. The largest absolute Gasteiger partial charge is 0.493 e. The summed E-state index contributed by atoms with van der Waals surface area (Å²) in [5.74, 6) is 1.13. The van der Waals surface area contributed by atoms with Gasteiger partial charge in [0, 0.05) is 12.2 Å². The Labute approximate surface area is 150 Å². The van der Waals surface area contributed by atoms with Crippen LogP contribution in [-0.2, 0) is 11.3 Å². The fourth-order valence-electron chi connectivity index (χ4n) is 2.04. The van der Waals surface area contributed by atoms with Crippen LogP contribution in [0.2, 0.25) is 10.0 Å². The Morgan fingerprint density at radius 2 is 1.75 bits per heavy atom. The molecule has 0 saturated heterocycles. The minimum Gasteiger partial charge on any atom is -0.493 e. The highest BCUT2D eigenvalue weighted by atomic mass is 35.5. The molecule has 5 nitrogen and oxygen atoms in total. The van der Waals surface area contributed by atoms with E-state index in [2.05, 4.69) is 10.6 Å². The number of carbonyl (C=O) groups excluding carboxylic acids is 1. The maximum atomic E-state index is 11.9. The number of hydrogen-bond donors (Lipinski definition) is 2. The molecule has 0 fully saturated rings. The normalized spacial score (nSPS) is 10.2. The predicted octanol–water partition coefficient (Wildman–Crippen LogP) is 3.74. The Morgan fingerprint density at radius 1 is 1.00 bits per heavy atom. The van der Waals surface area contributed by atoms with Crippen LogP contribution in [0, 0.1) is 0 Å². The molecule has 1 amide bonds. The second-order valence-electron chi connectivity index (χ2n) is 4.95. The molecule has 2 N–H and O–H groups in total. The number of rotatable bonds is 7. The molecular weight excluding hydrogens is 351 g/mol. The lowest BCUT2D eigenvalue weighted by Gasteiger charge is -2.11. The first-order valence-corrected chi connectivity index (χ1v) is 7.95. The summed E-state index contributed by atoms with van der Waals surface area (Å²) in [5, 5.41) is 6.73. The predicted molar refractivity (Wildman–Crippen MR) is 96.3 cm³/mol. The highest BCUT2D eigenvalue weighted by Gasteiger charge is 2.07. The van der Waals surface area contributed by atoms with Gasteiger partial charge in [0.15, 0.2) is 11.5 Å². The van der Waals surface area contributed by atoms with Crippen molar-refractivity contribution in [3.63, 3.8) is 0 Å². The first kappa shape index (κ1) is 18.2. The van der Waals surface area contributed by atoms with Gasteiger partial charge in [0.25, 0.3) is 0 Å². The Morgan fingerprint density at radius 3 is 2.42 bits per heavy atom. The van der Waals surface area contributed by atoms with Gasteiger partial charge >= 0.3 is 0 Å². The SMILES string of the molecule is COc1ccc(CNC(=O)CNc2ccc(Cl)c(Cl)c2)cc1OC.